The third-order valence-corrected chi connectivity index (χ3v) is 6.25. The van der Waals surface area contributed by atoms with Gasteiger partial charge in [0, 0.05) is 31.5 Å². The Morgan fingerprint density at radius 1 is 1.08 bits per heavy atom. The van der Waals surface area contributed by atoms with Gasteiger partial charge in [-0.05, 0) is 61.4 Å². The van der Waals surface area contributed by atoms with E-state index in [2.05, 4.69) is 10.3 Å². The molecule has 9 heteroatoms. The van der Waals surface area contributed by atoms with E-state index in [1.54, 1.807) is 24.3 Å². The molecule has 4 aromatic rings. The number of aryl methyl sites for hydroxylation is 1. The molecule has 1 fully saturated rings. The fraction of sp³-hybridized carbons (Fsp3) is 0.222. The fourth-order valence-corrected chi connectivity index (χ4v) is 4.42. The highest BCUT2D eigenvalue weighted by molar-refractivity contribution is 5.95. The molecule has 36 heavy (non-hydrogen) atoms. The maximum atomic E-state index is 13.0. The molecule has 0 bridgehead atoms. The summed E-state index contributed by atoms with van der Waals surface area (Å²) in [5.41, 5.74) is 1.38. The molecule has 1 aliphatic heterocycles. The van der Waals surface area contributed by atoms with Crippen molar-refractivity contribution in [2.24, 2.45) is 0 Å². The van der Waals surface area contributed by atoms with Gasteiger partial charge < -0.3 is 15.3 Å². The molecular weight excluding hydrogens is 469 g/mol. The van der Waals surface area contributed by atoms with E-state index in [0.717, 1.165) is 28.6 Å². The predicted octanol–water partition coefficient (Wildman–Crippen LogP) is 5.58. The molecule has 1 atom stereocenters. The van der Waals surface area contributed by atoms with E-state index in [0.29, 0.717) is 36.7 Å². The maximum absolute atomic E-state index is 13.0. The SMILES string of the molecule is Cc1ccc2c(N3CC[C@@H](NC(=O)c4cccc(C(F)(F)F)c4)C3)nc(-c3ccccc3O)nc2c1.[HH]. The van der Waals surface area contributed by atoms with Crippen LogP contribution in [0, 0.1) is 6.92 Å². The Morgan fingerprint density at radius 2 is 1.89 bits per heavy atom. The lowest BCUT2D eigenvalue weighted by molar-refractivity contribution is -0.137. The number of phenols is 1. The van der Waals surface area contributed by atoms with E-state index in [4.69, 9.17) is 4.98 Å². The van der Waals surface area contributed by atoms with Gasteiger partial charge in [-0.1, -0.05) is 24.3 Å². The van der Waals surface area contributed by atoms with Gasteiger partial charge in [0.15, 0.2) is 5.82 Å². The highest BCUT2D eigenvalue weighted by atomic mass is 19.4. The first-order chi connectivity index (χ1) is 17.2. The summed E-state index contributed by atoms with van der Waals surface area (Å²) < 4.78 is 39.1. The number of alkyl halides is 3. The van der Waals surface area contributed by atoms with Crippen LogP contribution in [-0.2, 0) is 6.18 Å². The quantitative estimate of drug-likeness (QED) is 0.387. The Morgan fingerprint density at radius 3 is 2.67 bits per heavy atom. The van der Waals surface area contributed by atoms with Gasteiger partial charge in [-0.2, -0.15) is 13.2 Å². The van der Waals surface area contributed by atoms with Gasteiger partial charge in [0.2, 0.25) is 0 Å². The second kappa shape index (κ2) is 9.14. The highest BCUT2D eigenvalue weighted by Gasteiger charge is 2.32. The smallest absolute Gasteiger partial charge is 0.416 e. The largest absolute Gasteiger partial charge is 0.507 e. The third-order valence-electron chi connectivity index (χ3n) is 6.25. The molecule has 0 spiro atoms. The van der Waals surface area contributed by atoms with Crippen LogP contribution in [0.15, 0.2) is 66.7 Å². The molecule has 3 aromatic carbocycles. The lowest BCUT2D eigenvalue weighted by Crippen LogP contribution is -2.37. The summed E-state index contributed by atoms with van der Waals surface area (Å²) in [4.78, 5) is 24.2. The second-order valence-corrected chi connectivity index (χ2v) is 8.89. The van der Waals surface area contributed by atoms with Crippen LogP contribution >= 0.6 is 0 Å². The van der Waals surface area contributed by atoms with Crippen LogP contribution in [0.4, 0.5) is 19.0 Å². The summed E-state index contributed by atoms with van der Waals surface area (Å²) in [5, 5.41) is 14.0. The van der Waals surface area contributed by atoms with Gasteiger partial charge in [-0.3, -0.25) is 4.79 Å². The van der Waals surface area contributed by atoms with Crippen molar-refractivity contribution < 1.29 is 24.5 Å². The Hall–Kier alpha value is -4.14. The number of hydrogen-bond acceptors (Lipinski definition) is 5. The fourth-order valence-electron chi connectivity index (χ4n) is 4.42. The minimum Gasteiger partial charge on any atom is -0.507 e. The summed E-state index contributed by atoms with van der Waals surface area (Å²) in [6.07, 6.45) is -3.91. The van der Waals surface area contributed by atoms with Gasteiger partial charge in [-0.25, -0.2) is 9.97 Å². The van der Waals surface area contributed by atoms with E-state index >= 15 is 0 Å². The first kappa shape index (κ1) is 23.6. The van der Waals surface area contributed by atoms with Crippen molar-refractivity contribution in [1.29, 1.82) is 0 Å². The van der Waals surface area contributed by atoms with Crippen LogP contribution in [0.3, 0.4) is 0 Å². The molecule has 1 aromatic heterocycles. The van der Waals surface area contributed by atoms with E-state index in [1.165, 1.54) is 12.1 Å². The van der Waals surface area contributed by atoms with Crippen LogP contribution in [0.1, 0.15) is 29.3 Å². The number of benzene rings is 3. The average Bonchev–Trinajstić information content (AvgIpc) is 3.31. The Kier molecular flexibility index (Phi) is 5.99. The molecule has 186 valence electrons. The molecule has 0 radical (unpaired) electrons. The maximum Gasteiger partial charge on any atom is 0.416 e. The zero-order valence-corrected chi connectivity index (χ0v) is 19.4. The average molecular weight is 495 g/mol. The van der Waals surface area contributed by atoms with Crippen molar-refractivity contribution in [3.05, 3.63) is 83.4 Å². The van der Waals surface area contributed by atoms with Crippen molar-refractivity contribution in [1.82, 2.24) is 15.3 Å². The predicted molar refractivity (Wildman–Crippen MR) is 133 cm³/mol. The first-order valence-corrected chi connectivity index (χ1v) is 11.5. The van der Waals surface area contributed by atoms with Crippen LogP contribution < -0.4 is 10.2 Å². The monoisotopic (exact) mass is 494 g/mol. The van der Waals surface area contributed by atoms with Crippen molar-refractivity contribution in [2.45, 2.75) is 25.6 Å². The van der Waals surface area contributed by atoms with Gasteiger partial charge in [0.1, 0.15) is 11.6 Å². The number of fused-ring (bicyclic) bond motifs is 1. The van der Waals surface area contributed by atoms with Crippen LogP contribution in [0.5, 0.6) is 5.75 Å². The summed E-state index contributed by atoms with van der Waals surface area (Å²) in [6, 6.07) is 16.9. The number of halogens is 3. The van der Waals surface area contributed by atoms with Gasteiger partial charge in [0.25, 0.3) is 5.91 Å². The van der Waals surface area contributed by atoms with Crippen LogP contribution in [-0.4, -0.2) is 40.1 Å². The number of amides is 1. The minimum absolute atomic E-state index is 0. The molecule has 0 aliphatic carbocycles. The number of nitrogens with one attached hydrogen (secondary N) is 1. The molecule has 2 heterocycles. The topological polar surface area (TPSA) is 78.4 Å². The number of carbonyl (C=O) groups excluding carboxylic acids is 1. The highest BCUT2D eigenvalue weighted by Crippen LogP contribution is 2.33. The number of hydrogen-bond donors (Lipinski definition) is 2. The molecule has 5 rings (SSSR count). The van der Waals surface area contributed by atoms with Gasteiger partial charge in [0.05, 0.1) is 16.6 Å². The number of rotatable bonds is 4. The number of para-hydroxylation sites is 1. The summed E-state index contributed by atoms with van der Waals surface area (Å²) in [5.74, 6) is 0.584. The lowest BCUT2D eigenvalue weighted by Gasteiger charge is -2.21. The summed E-state index contributed by atoms with van der Waals surface area (Å²) in [7, 11) is 0. The minimum atomic E-state index is -4.52. The van der Waals surface area contributed by atoms with Crippen LogP contribution in [0.2, 0.25) is 0 Å². The summed E-state index contributed by atoms with van der Waals surface area (Å²) in [6.45, 7) is 2.99. The van der Waals surface area contributed by atoms with Crippen molar-refractivity contribution >= 4 is 22.6 Å². The Balaban J connectivity index is 0.00000320. The number of carbonyl (C=O) groups is 1. The molecular formula is C27H25F3N4O2. The third kappa shape index (κ3) is 4.68. The first-order valence-electron chi connectivity index (χ1n) is 11.5. The Labute approximate surface area is 206 Å². The molecule has 0 unspecified atom stereocenters. The lowest BCUT2D eigenvalue weighted by atomic mass is 10.1. The van der Waals surface area contributed by atoms with Gasteiger partial charge >= 0.3 is 6.18 Å². The zero-order valence-electron chi connectivity index (χ0n) is 19.4. The normalized spacial score (nSPS) is 15.9. The second-order valence-electron chi connectivity index (χ2n) is 8.89. The van der Waals surface area contributed by atoms with E-state index in [-0.39, 0.29) is 18.8 Å². The molecule has 1 aliphatic rings. The number of nitrogens with zero attached hydrogens (tertiary/aromatic N) is 3. The van der Waals surface area contributed by atoms with Crippen molar-refractivity contribution in [2.75, 3.05) is 18.0 Å². The molecule has 1 saturated heterocycles. The molecule has 6 nitrogen and oxygen atoms in total. The zero-order chi connectivity index (χ0) is 25.4. The Bertz CT molecular complexity index is 1460. The molecule has 0 saturated carbocycles. The molecule has 1 amide bonds. The standard InChI is InChI=1S/C27H23F3N4O2.H2/c1-16-9-10-20-22(13-16)32-24(21-7-2-3-8-23(21)35)33-25(20)34-12-11-19(15-34)31-26(36)17-5-4-6-18(14-17)27(28,29)30;/h2-10,13-14,19,35H,11-12,15H2,1H3,(H,31,36);1H/t19-;/m1./s1. The van der Waals surface area contributed by atoms with Crippen molar-refractivity contribution in [3.63, 3.8) is 0 Å². The number of aromatic nitrogens is 2. The van der Waals surface area contributed by atoms with Crippen molar-refractivity contribution in [3.8, 4) is 17.1 Å². The van der Waals surface area contributed by atoms with E-state index in [9.17, 15) is 23.1 Å². The van der Waals surface area contributed by atoms with Crippen LogP contribution in [0.25, 0.3) is 22.3 Å². The number of aromatic hydroxyl groups is 1. The molecule has 2 N–H and O–H groups in total. The number of phenolic OH excluding ortho intramolecular Hbond substituents is 1. The van der Waals surface area contributed by atoms with E-state index in [1.807, 2.05) is 30.0 Å². The van der Waals surface area contributed by atoms with Gasteiger partial charge in [-0.15, -0.1) is 0 Å². The number of anilines is 1. The summed E-state index contributed by atoms with van der Waals surface area (Å²) >= 11 is 0. The van der Waals surface area contributed by atoms with E-state index < -0.39 is 17.6 Å².